The Morgan fingerprint density at radius 1 is 1.28 bits per heavy atom. The minimum Gasteiger partial charge on any atom is -0.445 e. The third-order valence-corrected chi connectivity index (χ3v) is 6.35. The smallest absolute Gasteiger partial charge is 0.410 e. The van der Waals surface area contributed by atoms with Gasteiger partial charge in [0, 0.05) is 42.0 Å². The molecular formula is C25H28N4O3. The van der Waals surface area contributed by atoms with Gasteiger partial charge in [-0.15, -0.1) is 0 Å². The Morgan fingerprint density at radius 2 is 2.06 bits per heavy atom. The number of ether oxygens (including phenoxy) is 2. The van der Waals surface area contributed by atoms with Crippen LogP contribution in [-0.4, -0.2) is 54.3 Å². The first-order valence-corrected chi connectivity index (χ1v) is 10.9. The van der Waals surface area contributed by atoms with Crippen LogP contribution in [0.4, 0.5) is 4.79 Å². The second-order valence-electron chi connectivity index (χ2n) is 8.50. The molecule has 1 saturated heterocycles. The molecule has 1 aliphatic carbocycles. The van der Waals surface area contributed by atoms with Crippen molar-refractivity contribution in [1.82, 2.24) is 20.4 Å². The van der Waals surface area contributed by atoms with E-state index in [2.05, 4.69) is 35.1 Å². The summed E-state index contributed by atoms with van der Waals surface area (Å²) < 4.78 is 11.7. The molecule has 4 bridgehead atoms. The number of rotatable bonds is 5. The van der Waals surface area contributed by atoms with E-state index in [1.807, 2.05) is 55.9 Å². The lowest BCUT2D eigenvalue weighted by atomic mass is 9.81. The van der Waals surface area contributed by atoms with E-state index in [-0.39, 0.29) is 30.9 Å². The van der Waals surface area contributed by atoms with E-state index in [0.29, 0.717) is 13.1 Å². The van der Waals surface area contributed by atoms with Crippen molar-refractivity contribution in [2.75, 3.05) is 20.1 Å². The van der Waals surface area contributed by atoms with E-state index in [1.54, 1.807) is 4.90 Å². The van der Waals surface area contributed by atoms with Gasteiger partial charge >= 0.3 is 6.09 Å². The van der Waals surface area contributed by atoms with Gasteiger partial charge in [-0.25, -0.2) is 4.79 Å². The zero-order chi connectivity index (χ0) is 22.2. The zero-order valence-corrected chi connectivity index (χ0v) is 18.4. The topological polar surface area (TPSA) is 66.1 Å². The van der Waals surface area contributed by atoms with Gasteiger partial charge in [0.15, 0.2) is 0 Å². The molecule has 2 N–H and O–H groups in total. The minimum absolute atomic E-state index is 0.00109. The molecule has 2 atom stereocenters. The summed E-state index contributed by atoms with van der Waals surface area (Å²) in [6, 6.07) is 9.73. The van der Waals surface area contributed by atoms with Gasteiger partial charge in [0.1, 0.15) is 6.61 Å². The minimum atomic E-state index is -0.295. The van der Waals surface area contributed by atoms with Crippen molar-refractivity contribution < 1.29 is 14.3 Å². The molecule has 0 spiro atoms. The number of benzene rings is 1. The van der Waals surface area contributed by atoms with Gasteiger partial charge in [-0.05, 0) is 24.6 Å². The van der Waals surface area contributed by atoms with Crippen LogP contribution < -0.4 is 10.6 Å². The van der Waals surface area contributed by atoms with Crippen LogP contribution in [0.15, 0.2) is 89.7 Å². The highest BCUT2D eigenvalue weighted by atomic mass is 16.6. The van der Waals surface area contributed by atoms with Crippen LogP contribution in [0.5, 0.6) is 0 Å². The number of amides is 1. The quantitative estimate of drug-likeness (QED) is 0.746. The highest BCUT2D eigenvalue weighted by Crippen LogP contribution is 2.41. The molecule has 166 valence electrons. The summed E-state index contributed by atoms with van der Waals surface area (Å²) in [6.45, 7) is 7.59. The molecule has 0 saturated carbocycles. The van der Waals surface area contributed by atoms with Gasteiger partial charge in [-0.1, -0.05) is 36.9 Å². The van der Waals surface area contributed by atoms with E-state index in [1.165, 1.54) is 11.1 Å². The van der Waals surface area contributed by atoms with E-state index >= 15 is 0 Å². The molecule has 1 fully saturated rings. The van der Waals surface area contributed by atoms with Crippen molar-refractivity contribution in [2.45, 2.75) is 31.8 Å². The van der Waals surface area contributed by atoms with Crippen LogP contribution in [0.3, 0.4) is 0 Å². The molecule has 0 radical (unpaired) electrons. The largest absolute Gasteiger partial charge is 0.445 e. The average Bonchev–Trinajstić information content (AvgIpc) is 2.82. The molecule has 7 nitrogen and oxygen atoms in total. The van der Waals surface area contributed by atoms with Crippen LogP contribution >= 0.6 is 0 Å². The fraction of sp³-hybridized carbons (Fsp3) is 0.320. The third kappa shape index (κ3) is 3.69. The number of likely N-dealkylation sites (tertiary alicyclic amines) is 1. The van der Waals surface area contributed by atoms with Crippen molar-refractivity contribution in [1.29, 1.82) is 0 Å². The second kappa shape index (κ2) is 8.24. The van der Waals surface area contributed by atoms with E-state index < -0.39 is 0 Å². The Kier molecular flexibility index (Phi) is 5.27. The maximum absolute atomic E-state index is 12.3. The lowest BCUT2D eigenvalue weighted by molar-refractivity contribution is -0.0865. The molecule has 3 aliphatic heterocycles. The predicted octanol–water partition coefficient (Wildman–Crippen LogP) is 2.98. The lowest BCUT2D eigenvalue weighted by Gasteiger charge is -2.44. The maximum Gasteiger partial charge on any atom is 0.410 e. The van der Waals surface area contributed by atoms with Gasteiger partial charge in [-0.3, -0.25) is 0 Å². The van der Waals surface area contributed by atoms with E-state index in [9.17, 15) is 4.79 Å². The summed E-state index contributed by atoms with van der Waals surface area (Å²) in [5.41, 5.74) is 6.52. The van der Waals surface area contributed by atoms with Gasteiger partial charge in [0.25, 0.3) is 0 Å². The van der Waals surface area contributed by atoms with Crippen molar-refractivity contribution in [3.8, 4) is 0 Å². The van der Waals surface area contributed by atoms with Gasteiger partial charge in [0.2, 0.25) is 0 Å². The molecule has 0 aromatic heterocycles. The Labute approximate surface area is 188 Å². The summed E-state index contributed by atoms with van der Waals surface area (Å²) >= 11 is 0. The number of hydrogen-bond donors (Lipinski definition) is 2. The molecule has 1 aromatic rings. The van der Waals surface area contributed by atoms with Crippen molar-refractivity contribution >= 4 is 6.09 Å². The van der Waals surface area contributed by atoms with Crippen molar-refractivity contribution in [3.63, 3.8) is 0 Å². The fourth-order valence-electron chi connectivity index (χ4n) is 4.36. The molecule has 1 aromatic carbocycles. The lowest BCUT2D eigenvalue weighted by Crippen LogP contribution is -2.57. The molecule has 5 rings (SSSR count). The summed E-state index contributed by atoms with van der Waals surface area (Å²) in [4.78, 5) is 16.1. The van der Waals surface area contributed by atoms with E-state index in [4.69, 9.17) is 9.47 Å². The normalized spacial score (nSPS) is 23.8. The number of hydrogen-bond acceptors (Lipinski definition) is 6. The first-order valence-electron chi connectivity index (χ1n) is 10.9. The molecule has 3 heterocycles. The number of nitrogens with one attached hydrogen (secondary N) is 2. The van der Waals surface area contributed by atoms with Crippen LogP contribution in [0.2, 0.25) is 0 Å². The fourth-order valence-corrected chi connectivity index (χ4v) is 4.36. The number of nitrogens with zero attached hydrogens (tertiary/aromatic N) is 2. The third-order valence-electron chi connectivity index (χ3n) is 6.35. The molecule has 0 unspecified atom stereocenters. The Hall–Kier alpha value is -3.45. The van der Waals surface area contributed by atoms with Crippen LogP contribution in [0.1, 0.15) is 12.5 Å². The average molecular weight is 433 g/mol. The Morgan fingerprint density at radius 3 is 2.84 bits per heavy atom. The van der Waals surface area contributed by atoms with Gasteiger partial charge in [0.05, 0.1) is 37.0 Å². The standard InChI is InChI=1S/C25H28N4O3/c1-16-9-10-26-21-12-27-24(23-20(21)11-22(23)28(16)3)17(2)32-19-13-29(14-19)25(30)31-15-18-7-5-4-6-8-18/h4-12,17,19,24,26-27H,1,13-15H2,2-3H3/b10-9-/t17-,24+/m0/s1. The molecule has 1 amide bonds. The summed E-state index contributed by atoms with van der Waals surface area (Å²) in [7, 11) is 2.03. The van der Waals surface area contributed by atoms with Crippen LogP contribution in [0.25, 0.3) is 0 Å². The number of carbonyl (C=O) groups excluding carboxylic acids is 1. The number of likely N-dealkylation sites (N-methyl/N-ethyl adjacent to an activating group) is 1. The van der Waals surface area contributed by atoms with Crippen LogP contribution in [0, 0.1) is 0 Å². The monoisotopic (exact) mass is 432 g/mol. The first kappa shape index (κ1) is 20.5. The zero-order valence-electron chi connectivity index (χ0n) is 18.4. The van der Waals surface area contributed by atoms with Crippen molar-refractivity contribution in [3.05, 3.63) is 95.3 Å². The summed E-state index contributed by atoms with van der Waals surface area (Å²) in [5, 5.41) is 6.82. The first-order chi connectivity index (χ1) is 15.5. The predicted molar refractivity (Wildman–Crippen MR) is 122 cm³/mol. The second-order valence-corrected chi connectivity index (χ2v) is 8.50. The molecule has 4 aliphatic rings. The summed E-state index contributed by atoms with van der Waals surface area (Å²) in [5.74, 6) is 0. The van der Waals surface area contributed by atoms with Crippen molar-refractivity contribution in [2.24, 2.45) is 0 Å². The Bertz CT molecular complexity index is 1050. The SMILES string of the molecule is C=C1/C=C\NC2=CN[C@H]([C@H](C)OC3CN(C(=O)OCc4ccccc4)C3)C3=C(C=C23)N1C. The van der Waals surface area contributed by atoms with Gasteiger partial charge < -0.3 is 29.9 Å². The number of carbonyl (C=O) groups is 1. The highest BCUT2D eigenvalue weighted by Gasteiger charge is 2.40. The maximum atomic E-state index is 12.3. The van der Waals surface area contributed by atoms with E-state index in [0.717, 1.165) is 22.7 Å². The molecular weight excluding hydrogens is 404 g/mol. The number of allylic oxidation sites excluding steroid dienone is 3. The molecule has 32 heavy (non-hydrogen) atoms. The highest BCUT2D eigenvalue weighted by molar-refractivity contribution is 5.69. The summed E-state index contributed by atoms with van der Waals surface area (Å²) in [6.07, 6.45) is 7.70. The molecule has 7 heteroatoms. The Balaban J connectivity index is 1.17. The van der Waals surface area contributed by atoms with Gasteiger partial charge in [-0.2, -0.15) is 0 Å². The van der Waals surface area contributed by atoms with Crippen LogP contribution in [-0.2, 0) is 16.1 Å².